The first-order chi connectivity index (χ1) is 10.5. The predicted octanol–water partition coefficient (Wildman–Crippen LogP) is 1.47. The van der Waals surface area contributed by atoms with Crippen molar-refractivity contribution in [2.45, 2.75) is 18.7 Å². The van der Waals surface area contributed by atoms with Crippen LogP contribution in [0.4, 0.5) is 5.69 Å². The molecular formula is C14H23N3O5S. The number of nitro groups is 1. The third-order valence-corrected chi connectivity index (χ3v) is 4.54. The lowest BCUT2D eigenvalue weighted by molar-refractivity contribution is -0.386. The number of sulfonamides is 1. The molecule has 0 bridgehead atoms. The van der Waals surface area contributed by atoms with Crippen LogP contribution in [0.15, 0.2) is 23.1 Å². The number of ether oxygens (including phenoxy) is 1. The number of methoxy groups -OCH3 is 1. The summed E-state index contributed by atoms with van der Waals surface area (Å²) >= 11 is 0. The molecule has 0 saturated carbocycles. The molecule has 1 rings (SSSR count). The second-order valence-electron chi connectivity index (χ2n) is 6.32. The minimum Gasteiger partial charge on any atom is -0.490 e. The maximum absolute atomic E-state index is 12.4. The van der Waals surface area contributed by atoms with Crippen LogP contribution in [0.3, 0.4) is 0 Å². The van der Waals surface area contributed by atoms with Gasteiger partial charge in [-0.2, -0.15) is 0 Å². The smallest absolute Gasteiger partial charge is 0.312 e. The van der Waals surface area contributed by atoms with E-state index in [9.17, 15) is 18.5 Å². The maximum Gasteiger partial charge on any atom is 0.312 e. The quantitative estimate of drug-likeness (QED) is 0.565. The van der Waals surface area contributed by atoms with Crippen LogP contribution in [-0.2, 0) is 10.0 Å². The van der Waals surface area contributed by atoms with E-state index in [-0.39, 0.29) is 28.3 Å². The van der Waals surface area contributed by atoms with Gasteiger partial charge in [0.25, 0.3) is 0 Å². The summed E-state index contributed by atoms with van der Waals surface area (Å²) in [6.07, 6.45) is 0. The maximum atomic E-state index is 12.4. The number of nitrogens with zero attached hydrogens (tertiary/aromatic N) is 2. The number of hydrogen-bond acceptors (Lipinski definition) is 6. The van der Waals surface area contributed by atoms with Crippen molar-refractivity contribution in [2.24, 2.45) is 5.41 Å². The van der Waals surface area contributed by atoms with E-state index in [0.717, 1.165) is 6.07 Å². The largest absolute Gasteiger partial charge is 0.490 e. The molecule has 9 heteroatoms. The van der Waals surface area contributed by atoms with E-state index in [1.165, 1.54) is 19.2 Å². The summed E-state index contributed by atoms with van der Waals surface area (Å²) in [6.45, 7) is 4.78. The average molecular weight is 345 g/mol. The Balaban J connectivity index is 3.01. The van der Waals surface area contributed by atoms with Crippen molar-refractivity contribution in [1.82, 2.24) is 9.62 Å². The molecule has 8 nitrogen and oxygen atoms in total. The van der Waals surface area contributed by atoms with Gasteiger partial charge in [0.2, 0.25) is 10.0 Å². The average Bonchev–Trinajstić information content (AvgIpc) is 2.43. The predicted molar refractivity (Wildman–Crippen MR) is 87.2 cm³/mol. The third kappa shape index (κ3) is 5.45. The molecule has 0 aliphatic heterocycles. The number of hydrogen-bond donors (Lipinski definition) is 1. The summed E-state index contributed by atoms with van der Waals surface area (Å²) in [5.41, 5.74) is -0.669. The lowest BCUT2D eigenvalue weighted by atomic mass is 9.93. The first kappa shape index (κ1) is 19.3. The highest BCUT2D eigenvalue weighted by Crippen LogP contribution is 2.29. The zero-order chi connectivity index (χ0) is 17.8. The molecule has 0 saturated heterocycles. The normalized spacial score (nSPS) is 12.4. The van der Waals surface area contributed by atoms with Crippen molar-refractivity contribution in [3.63, 3.8) is 0 Å². The Hall–Kier alpha value is -1.71. The first-order valence-corrected chi connectivity index (χ1v) is 8.44. The highest BCUT2D eigenvalue weighted by Gasteiger charge is 2.25. The molecule has 0 radical (unpaired) electrons. The Kier molecular flexibility index (Phi) is 6.09. The molecule has 0 spiro atoms. The Labute approximate surface area is 136 Å². The van der Waals surface area contributed by atoms with Gasteiger partial charge in [-0.25, -0.2) is 13.1 Å². The van der Waals surface area contributed by atoms with Crippen molar-refractivity contribution in [3.05, 3.63) is 28.3 Å². The fraction of sp³-hybridized carbons (Fsp3) is 0.571. The minimum atomic E-state index is -3.84. The van der Waals surface area contributed by atoms with Crippen LogP contribution in [0.2, 0.25) is 0 Å². The standard InChI is InChI=1S/C14H23N3O5S/c1-14(2,10-16(3)4)9-15-23(20,21)11-6-7-13(22-5)12(8-11)17(18)19/h6-8,15H,9-10H2,1-5H3. The monoisotopic (exact) mass is 345 g/mol. The van der Waals surface area contributed by atoms with Crippen LogP contribution in [-0.4, -0.2) is 52.5 Å². The zero-order valence-corrected chi connectivity index (χ0v) is 14.8. The molecule has 1 aromatic carbocycles. The van der Waals surface area contributed by atoms with Gasteiger partial charge in [0.15, 0.2) is 5.75 Å². The lowest BCUT2D eigenvalue weighted by Crippen LogP contribution is -2.39. The van der Waals surface area contributed by atoms with E-state index in [0.29, 0.717) is 6.54 Å². The topological polar surface area (TPSA) is 102 Å². The molecule has 130 valence electrons. The molecule has 0 heterocycles. The van der Waals surface area contributed by atoms with Gasteiger partial charge in [0.05, 0.1) is 16.9 Å². The molecular weight excluding hydrogens is 322 g/mol. The van der Waals surface area contributed by atoms with Gasteiger partial charge in [0.1, 0.15) is 0 Å². The fourth-order valence-corrected chi connectivity index (χ4v) is 3.53. The molecule has 0 aliphatic carbocycles. The van der Waals surface area contributed by atoms with E-state index in [4.69, 9.17) is 4.74 Å². The fourth-order valence-electron chi connectivity index (χ4n) is 2.27. The van der Waals surface area contributed by atoms with E-state index in [1.807, 2.05) is 32.8 Å². The number of rotatable bonds is 8. The summed E-state index contributed by atoms with van der Waals surface area (Å²) in [6, 6.07) is 3.56. The van der Waals surface area contributed by atoms with Crippen molar-refractivity contribution >= 4 is 15.7 Å². The van der Waals surface area contributed by atoms with Crippen molar-refractivity contribution < 1.29 is 18.1 Å². The molecule has 0 aliphatic rings. The third-order valence-electron chi connectivity index (χ3n) is 3.14. The Morgan fingerprint density at radius 2 is 1.96 bits per heavy atom. The van der Waals surface area contributed by atoms with Crippen molar-refractivity contribution in [3.8, 4) is 5.75 Å². The highest BCUT2D eigenvalue weighted by atomic mass is 32.2. The second-order valence-corrected chi connectivity index (χ2v) is 8.08. The Bertz CT molecular complexity index is 671. The molecule has 0 unspecified atom stereocenters. The highest BCUT2D eigenvalue weighted by molar-refractivity contribution is 7.89. The second kappa shape index (κ2) is 7.24. The van der Waals surface area contributed by atoms with E-state index >= 15 is 0 Å². The van der Waals surface area contributed by atoms with Crippen LogP contribution in [0.1, 0.15) is 13.8 Å². The summed E-state index contributed by atoms with van der Waals surface area (Å²) in [7, 11) is 1.26. The molecule has 0 fully saturated rings. The van der Waals surface area contributed by atoms with Gasteiger partial charge in [0, 0.05) is 19.2 Å². The summed E-state index contributed by atoms with van der Waals surface area (Å²) in [5, 5.41) is 11.0. The minimum absolute atomic E-state index is 0.0156. The summed E-state index contributed by atoms with van der Waals surface area (Å²) in [5.74, 6) is 0.0156. The Morgan fingerprint density at radius 1 is 1.35 bits per heavy atom. The van der Waals surface area contributed by atoms with Gasteiger partial charge >= 0.3 is 5.69 Å². The molecule has 0 atom stereocenters. The summed E-state index contributed by atoms with van der Waals surface area (Å²) < 4.78 is 32.1. The van der Waals surface area contributed by atoms with Crippen LogP contribution in [0.5, 0.6) is 5.75 Å². The molecule has 23 heavy (non-hydrogen) atoms. The van der Waals surface area contributed by atoms with Crippen molar-refractivity contribution in [2.75, 3.05) is 34.3 Å². The summed E-state index contributed by atoms with van der Waals surface area (Å²) in [4.78, 5) is 12.1. The van der Waals surface area contributed by atoms with Crippen LogP contribution in [0.25, 0.3) is 0 Å². The van der Waals surface area contributed by atoms with Gasteiger partial charge in [-0.3, -0.25) is 10.1 Å². The number of benzene rings is 1. The lowest BCUT2D eigenvalue weighted by Gasteiger charge is -2.28. The van der Waals surface area contributed by atoms with Gasteiger partial charge < -0.3 is 9.64 Å². The zero-order valence-electron chi connectivity index (χ0n) is 14.0. The van der Waals surface area contributed by atoms with Gasteiger partial charge in [-0.15, -0.1) is 0 Å². The molecule has 0 amide bonds. The van der Waals surface area contributed by atoms with Gasteiger partial charge in [-0.05, 0) is 31.6 Å². The van der Waals surface area contributed by atoms with Crippen molar-refractivity contribution in [1.29, 1.82) is 0 Å². The molecule has 1 aromatic rings. The SMILES string of the molecule is COc1ccc(S(=O)(=O)NCC(C)(C)CN(C)C)cc1[N+](=O)[O-]. The van der Waals surface area contributed by atoms with E-state index in [1.54, 1.807) is 0 Å². The van der Waals surface area contributed by atoms with Crippen LogP contribution in [0, 0.1) is 15.5 Å². The van der Waals surface area contributed by atoms with Crippen LogP contribution < -0.4 is 9.46 Å². The Morgan fingerprint density at radius 3 is 2.43 bits per heavy atom. The number of nitrogens with one attached hydrogen (secondary N) is 1. The van der Waals surface area contributed by atoms with E-state index < -0.39 is 14.9 Å². The van der Waals surface area contributed by atoms with Gasteiger partial charge in [-0.1, -0.05) is 13.8 Å². The first-order valence-electron chi connectivity index (χ1n) is 6.95. The van der Waals surface area contributed by atoms with Crippen LogP contribution >= 0.6 is 0 Å². The van der Waals surface area contributed by atoms with E-state index in [2.05, 4.69) is 4.72 Å². The number of nitro benzene ring substituents is 1. The molecule has 0 aromatic heterocycles. The molecule has 1 N–H and O–H groups in total.